The summed E-state index contributed by atoms with van der Waals surface area (Å²) in [6, 6.07) is 7.32. The van der Waals surface area contributed by atoms with Crippen LogP contribution in [0.2, 0.25) is 5.02 Å². The highest BCUT2D eigenvalue weighted by atomic mass is 35.5. The standard InChI is InChI=1S/C25H27ClFNO5S/c1-25-9-8-16-15-5-3-14(29)10-13(15)2-4-17(16)19(25)6-7-23(25)33-24(30)18-11-22(34(28,31)32)21(27)12-20(18)26/h3,5,10-12,16-17,19,23,29H,2,4,6-9H2,1H3,(H2,28,31,32)/t16-,17-,19+,23+,25+/m1/s1. The highest BCUT2D eigenvalue weighted by molar-refractivity contribution is 7.89. The second-order valence-corrected chi connectivity index (χ2v) is 12.1. The van der Waals surface area contributed by atoms with Crippen molar-refractivity contribution in [3.05, 3.63) is 57.9 Å². The van der Waals surface area contributed by atoms with Gasteiger partial charge in [-0.2, -0.15) is 0 Å². The summed E-state index contributed by atoms with van der Waals surface area (Å²) < 4.78 is 43.3. The second kappa shape index (κ2) is 8.21. The molecule has 2 aromatic carbocycles. The predicted octanol–water partition coefficient (Wildman–Crippen LogP) is 4.91. The van der Waals surface area contributed by atoms with Gasteiger partial charge in [0.05, 0.1) is 10.6 Å². The van der Waals surface area contributed by atoms with Crippen molar-refractivity contribution in [2.45, 2.75) is 62.4 Å². The van der Waals surface area contributed by atoms with Crippen LogP contribution in [0.15, 0.2) is 35.2 Å². The molecule has 0 radical (unpaired) electrons. The first kappa shape index (κ1) is 23.6. The number of carbonyl (C=O) groups is 1. The molecule has 182 valence electrons. The van der Waals surface area contributed by atoms with E-state index in [1.165, 1.54) is 11.1 Å². The maximum Gasteiger partial charge on any atom is 0.339 e. The Morgan fingerprint density at radius 1 is 1.21 bits per heavy atom. The number of ether oxygens (including phenoxy) is 1. The quantitative estimate of drug-likeness (QED) is 0.574. The van der Waals surface area contributed by atoms with Crippen molar-refractivity contribution in [1.82, 2.24) is 0 Å². The number of halogens is 2. The molecule has 2 saturated carbocycles. The lowest BCUT2D eigenvalue weighted by molar-refractivity contribution is -0.0428. The number of nitrogens with two attached hydrogens (primary N) is 1. The number of aromatic hydroxyl groups is 1. The van der Waals surface area contributed by atoms with Crippen LogP contribution in [-0.4, -0.2) is 25.6 Å². The number of esters is 1. The number of phenolic OH excluding ortho intramolecular Hbond substituents is 1. The number of sulfonamides is 1. The Morgan fingerprint density at radius 2 is 1.97 bits per heavy atom. The van der Waals surface area contributed by atoms with Crippen LogP contribution in [0.1, 0.15) is 66.4 Å². The van der Waals surface area contributed by atoms with E-state index in [0.29, 0.717) is 29.9 Å². The molecular formula is C25H27ClFNO5S. The van der Waals surface area contributed by atoms with E-state index in [1.807, 2.05) is 6.07 Å². The van der Waals surface area contributed by atoms with Gasteiger partial charge in [-0.15, -0.1) is 0 Å². The van der Waals surface area contributed by atoms with E-state index in [4.69, 9.17) is 21.5 Å². The number of hydrogen-bond acceptors (Lipinski definition) is 5. The molecule has 6 nitrogen and oxygen atoms in total. The summed E-state index contributed by atoms with van der Waals surface area (Å²) in [5.74, 6) is -0.288. The maximum absolute atomic E-state index is 14.1. The van der Waals surface area contributed by atoms with Crippen LogP contribution in [0.5, 0.6) is 5.75 Å². The van der Waals surface area contributed by atoms with E-state index in [9.17, 15) is 22.7 Å². The Morgan fingerprint density at radius 3 is 2.71 bits per heavy atom. The molecule has 0 aromatic heterocycles. The third kappa shape index (κ3) is 3.80. The van der Waals surface area contributed by atoms with Crippen molar-refractivity contribution in [3.63, 3.8) is 0 Å². The zero-order valence-electron chi connectivity index (χ0n) is 18.8. The normalized spacial score (nSPS) is 30.2. The van der Waals surface area contributed by atoms with Gasteiger partial charge in [-0.1, -0.05) is 24.6 Å². The first-order chi connectivity index (χ1) is 16.0. The lowest BCUT2D eigenvalue weighted by Gasteiger charge is -2.50. The number of aryl methyl sites for hydroxylation is 1. The van der Waals surface area contributed by atoms with Crippen molar-refractivity contribution in [2.75, 3.05) is 0 Å². The van der Waals surface area contributed by atoms with Gasteiger partial charge in [0.25, 0.3) is 0 Å². The molecule has 0 aliphatic heterocycles. The summed E-state index contributed by atoms with van der Waals surface area (Å²) in [5.41, 5.74) is 2.13. The summed E-state index contributed by atoms with van der Waals surface area (Å²) in [6.07, 6.45) is 5.11. The number of benzene rings is 2. The molecule has 2 aromatic rings. The number of primary sulfonamides is 1. The number of hydrogen-bond donors (Lipinski definition) is 2. The zero-order valence-corrected chi connectivity index (χ0v) is 20.3. The third-order valence-corrected chi connectivity index (χ3v) is 9.66. The van der Waals surface area contributed by atoms with Gasteiger partial charge < -0.3 is 9.84 Å². The van der Waals surface area contributed by atoms with Gasteiger partial charge in [-0.25, -0.2) is 22.7 Å². The van der Waals surface area contributed by atoms with E-state index >= 15 is 0 Å². The molecule has 0 spiro atoms. The van der Waals surface area contributed by atoms with Gasteiger partial charge in [-0.05, 0) is 91.7 Å². The van der Waals surface area contributed by atoms with Crippen LogP contribution < -0.4 is 5.14 Å². The molecule has 34 heavy (non-hydrogen) atoms. The first-order valence-electron chi connectivity index (χ1n) is 11.5. The molecule has 2 fully saturated rings. The minimum Gasteiger partial charge on any atom is -0.508 e. The topological polar surface area (TPSA) is 107 Å². The fourth-order valence-electron chi connectivity index (χ4n) is 6.81. The SMILES string of the molecule is C[C@]12CC[C@@H]3c4ccc(O)cc4CC[C@H]3[C@@H]1CC[C@@H]2OC(=O)c1cc(S(N)(=O)=O)c(F)cc1Cl. The van der Waals surface area contributed by atoms with Gasteiger partial charge in [0, 0.05) is 5.41 Å². The summed E-state index contributed by atoms with van der Waals surface area (Å²) in [4.78, 5) is 12.2. The van der Waals surface area contributed by atoms with E-state index in [2.05, 4.69) is 13.0 Å². The molecular weight excluding hydrogens is 481 g/mol. The fourth-order valence-corrected chi connectivity index (χ4v) is 7.65. The predicted molar refractivity (Wildman–Crippen MR) is 125 cm³/mol. The fraction of sp³-hybridized carbons (Fsp3) is 0.480. The zero-order chi connectivity index (χ0) is 24.4. The van der Waals surface area contributed by atoms with Crippen molar-refractivity contribution < 1.29 is 27.4 Å². The van der Waals surface area contributed by atoms with Gasteiger partial charge in [0.15, 0.2) is 0 Å². The average Bonchev–Trinajstić information content (AvgIpc) is 3.08. The van der Waals surface area contributed by atoms with Crippen LogP contribution in [0.3, 0.4) is 0 Å². The lowest BCUT2D eigenvalue weighted by atomic mass is 9.55. The molecule has 5 rings (SSSR count). The Labute approximate surface area is 203 Å². The van der Waals surface area contributed by atoms with Crippen LogP contribution in [-0.2, 0) is 21.2 Å². The molecule has 0 unspecified atom stereocenters. The first-order valence-corrected chi connectivity index (χ1v) is 13.5. The van der Waals surface area contributed by atoms with Crippen molar-refractivity contribution in [2.24, 2.45) is 22.4 Å². The van der Waals surface area contributed by atoms with Gasteiger partial charge in [0.2, 0.25) is 10.0 Å². The minimum absolute atomic E-state index is 0.208. The highest BCUT2D eigenvalue weighted by Gasteiger charge is 2.56. The number of rotatable bonds is 3. The van der Waals surface area contributed by atoms with E-state index in [1.54, 1.807) is 6.07 Å². The summed E-state index contributed by atoms with van der Waals surface area (Å²) in [5, 5.41) is 14.7. The highest BCUT2D eigenvalue weighted by Crippen LogP contribution is 2.61. The molecule has 5 atom stereocenters. The Hall–Kier alpha value is -2.16. The van der Waals surface area contributed by atoms with Crippen molar-refractivity contribution >= 4 is 27.6 Å². The van der Waals surface area contributed by atoms with Crippen LogP contribution in [0.4, 0.5) is 4.39 Å². The number of carbonyl (C=O) groups excluding carboxylic acids is 1. The summed E-state index contributed by atoms with van der Waals surface area (Å²) >= 11 is 6.06. The summed E-state index contributed by atoms with van der Waals surface area (Å²) in [7, 11) is -4.36. The van der Waals surface area contributed by atoms with Crippen LogP contribution in [0.25, 0.3) is 0 Å². The van der Waals surface area contributed by atoms with Gasteiger partial charge >= 0.3 is 5.97 Å². The Bertz CT molecular complexity index is 1280. The minimum atomic E-state index is -4.36. The Balaban J connectivity index is 1.38. The van der Waals surface area contributed by atoms with Crippen LogP contribution >= 0.6 is 11.6 Å². The maximum atomic E-state index is 14.1. The number of fused-ring (bicyclic) bond motifs is 5. The molecule has 0 heterocycles. The van der Waals surface area contributed by atoms with Gasteiger partial charge in [0.1, 0.15) is 22.6 Å². The monoisotopic (exact) mass is 507 g/mol. The second-order valence-electron chi connectivity index (χ2n) is 10.1. The number of phenols is 1. The van der Waals surface area contributed by atoms with E-state index < -0.39 is 26.7 Å². The third-order valence-electron chi connectivity index (χ3n) is 8.42. The molecule has 0 bridgehead atoms. The van der Waals surface area contributed by atoms with E-state index in [0.717, 1.165) is 44.2 Å². The molecule has 9 heteroatoms. The molecule has 3 aliphatic rings. The van der Waals surface area contributed by atoms with Crippen LogP contribution in [0, 0.1) is 23.1 Å². The largest absolute Gasteiger partial charge is 0.508 e. The summed E-state index contributed by atoms with van der Waals surface area (Å²) in [6.45, 7) is 2.17. The molecule has 0 saturated heterocycles. The van der Waals surface area contributed by atoms with Crippen molar-refractivity contribution in [3.8, 4) is 5.75 Å². The van der Waals surface area contributed by atoms with E-state index in [-0.39, 0.29) is 22.1 Å². The molecule has 3 aliphatic carbocycles. The molecule has 0 amide bonds. The average molecular weight is 508 g/mol. The van der Waals surface area contributed by atoms with Crippen molar-refractivity contribution in [1.29, 1.82) is 0 Å². The lowest BCUT2D eigenvalue weighted by Crippen LogP contribution is -2.45. The Kier molecular flexibility index (Phi) is 5.69. The van der Waals surface area contributed by atoms with Gasteiger partial charge in [-0.3, -0.25) is 0 Å². The smallest absolute Gasteiger partial charge is 0.339 e. The molecule has 3 N–H and O–H groups in total.